The van der Waals surface area contributed by atoms with Crippen molar-refractivity contribution in [1.29, 1.82) is 0 Å². The Morgan fingerprint density at radius 2 is 2.17 bits per heavy atom. The summed E-state index contributed by atoms with van der Waals surface area (Å²) >= 11 is 0. The number of ether oxygens (including phenoxy) is 1. The molecule has 1 aromatic rings. The van der Waals surface area contributed by atoms with Gasteiger partial charge in [-0.15, -0.1) is 0 Å². The highest BCUT2D eigenvalue weighted by Crippen LogP contribution is 2.27. The van der Waals surface area contributed by atoms with Crippen molar-refractivity contribution in [2.75, 3.05) is 6.61 Å². The highest BCUT2D eigenvalue weighted by molar-refractivity contribution is 5.34. The van der Waals surface area contributed by atoms with Crippen molar-refractivity contribution in [2.24, 2.45) is 5.73 Å². The van der Waals surface area contributed by atoms with Crippen molar-refractivity contribution in [3.8, 4) is 0 Å². The minimum Gasteiger partial charge on any atom is -0.378 e. The van der Waals surface area contributed by atoms with Gasteiger partial charge >= 0.3 is 0 Å². The predicted octanol–water partition coefficient (Wildman–Crippen LogP) is 3.40. The average Bonchev–Trinajstić information content (AvgIpc) is 2.28. The Hall–Kier alpha value is -0.930. The fourth-order valence-electron chi connectivity index (χ4n) is 2.79. The summed E-state index contributed by atoms with van der Waals surface area (Å²) in [6.07, 6.45) is 4.26. The van der Waals surface area contributed by atoms with Crippen LogP contribution < -0.4 is 5.73 Å². The van der Waals surface area contributed by atoms with Gasteiger partial charge in [-0.3, -0.25) is 0 Å². The molecule has 0 amide bonds. The van der Waals surface area contributed by atoms with E-state index < -0.39 is 0 Å². The van der Waals surface area contributed by atoms with Crippen molar-refractivity contribution in [3.05, 3.63) is 34.6 Å². The lowest BCUT2D eigenvalue weighted by Crippen LogP contribution is -2.26. The van der Waals surface area contributed by atoms with E-state index >= 15 is 0 Å². The molecule has 0 radical (unpaired) electrons. The monoisotopic (exact) mass is 251 g/mol. The molecule has 2 atom stereocenters. The molecule has 0 aromatic heterocycles. The lowest BCUT2D eigenvalue weighted by atomic mass is 9.93. The lowest BCUT2D eigenvalue weighted by Gasteiger charge is -2.26. The molecule has 18 heavy (non-hydrogen) atoms. The highest BCUT2D eigenvalue weighted by atomic mass is 19.1. The van der Waals surface area contributed by atoms with Gasteiger partial charge in [0.15, 0.2) is 0 Å². The summed E-state index contributed by atoms with van der Waals surface area (Å²) in [7, 11) is 0. The van der Waals surface area contributed by atoms with Crippen LogP contribution >= 0.6 is 0 Å². The summed E-state index contributed by atoms with van der Waals surface area (Å²) in [5.41, 5.74) is 8.69. The molecule has 3 heteroatoms. The van der Waals surface area contributed by atoms with Crippen LogP contribution in [0.2, 0.25) is 0 Å². The van der Waals surface area contributed by atoms with Gasteiger partial charge in [-0.05, 0) is 56.7 Å². The zero-order chi connectivity index (χ0) is 13.1. The van der Waals surface area contributed by atoms with Gasteiger partial charge in [0.2, 0.25) is 0 Å². The summed E-state index contributed by atoms with van der Waals surface area (Å²) in [6, 6.07) is 3.28. The quantitative estimate of drug-likeness (QED) is 0.893. The van der Waals surface area contributed by atoms with E-state index in [1.807, 2.05) is 19.9 Å². The zero-order valence-corrected chi connectivity index (χ0v) is 11.2. The molecule has 2 rings (SSSR count). The molecule has 100 valence electrons. The Balaban J connectivity index is 2.10. The maximum atomic E-state index is 14.0. The van der Waals surface area contributed by atoms with E-state index in [0.717, 1.165) is 30.6 Å². The molecule has 0 saturated carbocycles. The Morgan fingerprint density at radius 1 is 1.39 bits per heavy atom. The normalized spacial score (nSPS) is 21.9. The molecular formula is C15H22FNO. The van der Waals surface area contributed by atoms with Gasteiger partial charge < -0.3 is 10.5 Å². The van der Waals surface area contributed by atoms with E-state index in [2.05, 4.69) is 0 Å². The summed E-state index contributed by atoms with van der Waals surface area (Å²) in [5, 5.41) is 0. The van der Waals surface area contributed by atoms with Crippen LogP contribution in [0.15, 0.2) is 12.1 Å². The topological polar surface area (TPSA) is 35.2 Å². The third kappa shape index (κ3) is 3.09. The van der Waals surface area contributed by atoms with Crippen LogP contribution in [0.5, 0.6) is 0 Å². The molecule has 2 nitrogen and oxygen atoms in total. The molecule has 2 N–H and O–H groups in total. The van der Waals surface area contributed by atoms with E-state index in [1.165, 1.54) is 6.42 Å². The largest absolute Gasteiger partial charge is 0.378 e. The van der Waals surface area contributed by atoms with Gasteiger partial charge in [0.05, 0.1) is 6.10 Å². The summed E-state index contributed by atoms with van der Waals surface area (Å²) in [5.74, 6) is -0.184. The lowest BCUT2D eigenvalue weighted by molar-refractivity contribution is 0.00711. The van der Waals surface area contributed by atoms with E-state index in [-0.39, 0.29) is 18.0 Å². The van der Waals surface area contributed by atoms with E-state index in [1.54, 1.807) is 6.07 Å². The van der Waals surface area contributed by atoms with Crippen molar-refractivity contribution >= 4 is 0 Å². The highest BCUT2D eigenvalue weighted by Gasteiger charge is 2.21. The van der Waals surface area contributed by atoms with Crippen molar-refractivity contribution in [2.45, 2.75) is 51.7 Å². The van der Waals surface area contributed by atoms with Crippen LogP contribution in [-0.2, 0) is 4.74 Å². The fourth-order valence-corrected chi connectivity index (χ4v) is 2.79. The summed E-state index contributed by atoms with van der Waals surface area (Å²) in [6.45, 7) is 4.63. The van der Waals surface area contributed by atoms with E-state index in [9.17, 15) is 4.39 Å². The Kier molecular flexibility index (Phi) is 4.36. The minimum atomic E-state index is -0.270. The van der Waals surface area contributed by atoms with Gasteiger partial charge in [0, 0.05) is 18.2 Å². The van der Waals surface area contributed by atoms with E-state index in [4.69, 9.17) is 10.5 Å². The average molecular weight is 251 g/mol. The minimum absolute atomic E-state index is 0.184. The first-order valence-electron chi connectivity index (χ1n) is 6.71. The molecule has 1 saturated heterocycles. The van der Waals surface area contributed by atoms with Crippen LogP contribution in [0.1, 0.15) is 48.4 Å². The molecule has 1 aliphatic heterocycles. The second-order valence-electron chi connectivity index (χ2n) is 5.31. The second-order valence-corrected chi connectivity index (χ2v) is 5.31. The molecule has 0 aliphatic carbocycles. The molecule has 0 spiro atoms. The number of aryl methyl sites for hydroxylation is 2. The SMILES string of the molecule is Cc1cc(C)c(C(N)CC2CCCCO2)c(F)c1. The van der Waals surface area contributed by atoms with Crippen LogP contribution in [0, 0.1) is 19.7 Å². The molecule has 2 unspecified atom stereocenters. The number of halogens is 1. The second kappa shape index (κ2) is 5.81. The maximum Gasteiger partial charge on any atom is 0.128 e. The Bertz CT molecular complexity index is 390. The maximum absolute atomic E-state index is 14.0. The van der Waals surface area contributed by atoms with Crippen molar-refractivity contribution in [1.82, 2.24) is 0 Å². The molecule has 0 bridgehead atoms. The van der Waals surface area contributed by atoms with E-state index in [0.29, 0.717) is 12.0 Å². The van der Waals surface area contributed by atoms with Crippen LogP contribution in [0.25, 0.3) is 0 Å². The Labute approximate surface area is 108 Å². The van der Waals surface area contributed by atoms with Crippen molar-refractivity contribution in [3.63, 3.8) is 0 Å². The number of hydrogen-bond acceptors (Lipinski definition) is 2. The molecule has 1 aromatic carbocycles. The number of rotatable bonds is 3. The van der Waals surface area contributed by atoms with Gasteiger partial charge in [-0.1, -0.05) is 6.07 Å². The molecule has 1 fully saturated rings. The fraction of sp³-hybridized carbons (Fsp3) is 0.600. The predicted molar refractivity (Wildman–Crippen MR) is 71.0 cm³/mol. The zero-order valence-electron chi connectivity index (χ0n) is 11.2. The molecular weight excluding hydrogens is 229 g/mol. The number of benzene rings is 1. The molecule has 1 heterocycles. The van der Waals surface area contributed by atoms with Gasteiger partial charge in [-0.25, -0.2) is 4.39 Å². The third-order valence-electron chi connectivity index (χ3n) is 3.64. The van der Waals surface area contributed by atoms with Crippen molar-refractivity contribution < 1.29 is 9.13 Å². The van der Waals surface area contributed by atoms with Gasteiger partial charge in [0.25, 0.3) is 0 Å². The third-order valence-corrected chi connectivity index (χ3v) is 3.64. The summed E-state index contributed by atoms with van der Waals surface area (Å²) in [4.78, 5) is 0. The number of nitrogens with two attached hydrogens (primary N) is 1. The smallest absolute Gasteiger partial charge is 0.128 e. The van der Waals surface area contributed by atoms with Gasteiger partial charge in [-0.2, -0.15) is 0 Å². The van der Waals surface area contributed by atoms with Gasteiger partial charge in [0.1, 0.15) is 5.82 Å². The Morgan fingerprint density at radius 3 is 2.78 bits per heavy atom. The first-order chi connectivity index (χ1) is 8.58. The number of hydrogen-bond donors (Lipinski definition) is 1. The van der Waals surface area contributed by atoms with Crippen LogP contribution in [0.4, 0.5) is 4.39 Å². The standard InChI is InChI=1S/C15H22FNO/c1-10-7-11(2)15(13(16)8-10)14(17)9-12-5-3-4-6-18-12/h7-8,12,14H,3-6,9,17H2,1-2H3. The molecule has 1 aliphatic rings. The first-order valence-corrected chi connectivity index (χ1v) is 6.71. The van der Waals surface area contributed by atoms with Crippen LogP contribution in [0.3, 0.4) is 0 Å². The first kappa shape index (κ1) is 13.5. The van der Waals surface area contributed by atoms with Crippen LogP contribution in [-0.4, -0.2) is 12.7 Å². The summed E-state index contributed by atoms with van der Waals surface area (Å²) < 4.78 is 19.7.